The average molecular weight is 238 g/mol. The van der Waals surface area contributed by atoms with Gasteiger partial charge in [0.1, 0.15) is 5.82 Å². The summed E-state index contributed by atoms with van der Waals surface area (Å²) in [5.41, 5.74) is 1.02. The molecule has 0 atom stereocenters. The second kappa shape index (κ2) is 6.33. The zero-order valence-electron chi connectivity index (χ0n) is 9.46. The molecule has 0 heterocycles. The van der Waals surface area contributed by atoms with E-state index in [0.717, 1.165) is 15.6 Å². The molecule has 4 heteroatoms. The van der Waals surface area contributed by atoms with Crippen LogP contribution >= 0.6 is 11.8 Å². The Kier molecular flexibility index (Phi) is 5.05. The van der Waals surface area contributed by atoms with E-state index >= 15 is 0 Å². The van der Waals surface area contributed by atoms with E-state index in [2.05, 4.69) is 16.9 Å². The summed E-state index contributed by atoms with van der Waals surface area (Å²) >= 11 is 1.49. The van der Waals surface area contributed by atoms with E-state index in [1.807, 2.05) is 6.92 Å². The highest BCUT2D eigenvalue weighted by atomic mass is 32.2. The molecule has 1 aromatic carbocycles. The SMILES string of the molecule is C=C(C)SC(=NC)NCc1ccc(F)cc1. The largest absolute Gasteiger partial charge is 0.361 e. The number of halogens is 1. The van der Waals surface area contributed by atoms with Crippen molar-refractivity contribution in [2.45, 2.75) is 13.5 Å². The van der Waals surface area contributed by atoms with Crippen LogP contribution in [-0.2, 0) is 6.54 Å². The van der Waals surface area contributed by atoms with Gasteiger partial charge in [-0.05, 0) is 29.5 Å². The van der Waals surface area contributed by atoms with E-state index in [4.69, 9.17) is 0 Å². The first kappa shape index (κ1) is 12.8. The predicted octanol–water partition coefficient (Wildman–Crippen LogP) is 3.17. The average Bonchev–Trinajstić information content (AvgIpc) is 2.26. The summed E-state index contributed by atoms with van der Waals surface area (Å²) in [4.78, 5) is 5.07. The topological polar surface area (TPSA) is 24.4 Å². The van der Waals surface area contributed by atoms with Crippen molar-refractivity contribution in [1.82, 2.24) is 5.32 Å². The number of hydrogen-bond donors (Lipinski definition) is 1. The van der Waals surface area contributed by atoms with Gasteiger partial charge in [0.15, 0.2) is 5.17 Å². The Morgan fingerprint density at radius 1 is 1.44 bits per heavy atom. The maximum absolute atomic E-state index is 12.7. The summed E-state index contributed by atoms with van der Waals surface area (Å²) in [6.45, 7) is 6.36. The van der Waals surface area contributed by atoms with E-state index in [1.54, 1.807) is 19.2 Å². The summed E-state index contributed by atoms with van der Waals surface area (Å²) in [6, 6.07) is 6.40. The van der Waals surface area contributed by atoms with Crippen molar-refractivity contribution in [1.29, 1.82) is 0 Å². The van der Waals surface area contributed by atoms with Gasteiger partial charge in [-0.2, -0.15) is 0 Å². The summed E-state index contributed by atoms with van der Waals surface area (Å²) < 4.78 is 12.7. The molecule has 0 aliphatic heterocycles. The molecule has 0 spiro atoms. The van der Waals surface area contributed by atoms with Crippen molar-refractivity contribution < 1.29 is 4.39 Å². The Morgan fingerprint density at radius 2 is 2.06 bits per heavy atom. The van der Waals surface area contributed by atoms with Crippen LogP contribution < -0.4 is 5.32 Å². The van der Waals surface area contributed by atoms with Crippen molar-refractivity contribution in [2.24, 2.45) is 4.99 Å². The second-order valence-corrected chi connectivity index (χ2v) is 4.60. The molecule has 1 rings (SSSR count). The van der Waals surface area contributed by atoms with Crippen LogP contribution in [0.2, 0.25) is 0 Å². The monoisotopic (exact) mass is 238 g/mol. The molecule has 0 saturated heterocycles. The molecule has 0 radical (unpaired) electrons. The number of nitrogens with one attached hydrogen (secondary N) is 1. The minimum atomic E-state index is -0.218. The van der Waals surface area contributed by atoms with Gasteiger partial charge in [-0.15, -0.1) is 0 Å². The van der Waals surface area contributed by atoms with Gasteiger partial charge in [0.2, 0.25) is 0 Å². The van der Waals surface area contributed by atoms with Crippen molar-refractivity contribution in [3.63, 3.8) is 0 Å². The molecule has 2 nitrogen and oxygen atoms in total. The number of aliphatic imine (C=N–C) groups is 1. The van der Waals surface area contributed by atoms with Crippen molar-refractivity contribution in [3.05, 3.63) is 47.1 Å². The fourth-order valence-corrected chi connectivity index (χ4v) is 1.67. The zero-order chi connectivity index (χ0) is 12.0. The van der Waals surface area contributed by atoms with Crippen LogP contribution in [0.25, 0.3) is 0 Å². The lowest BCUT2D eigenvalue weighted by molar-refractivity contribution is 0.627. The standard InChI is InChI=1S/C12H15FN2S/c1-9(2)16-12(14-3)15-8-10-4-6-11(13)7-5-10/h4-7H,1,8H2,2-3H3,(H,14,15). The molecule has 0 aliphatic rings. The number of benzene rings is 1. The number of nitrogens with zero attached hydrogens (tertiary/aromatic N) is 1. The summed E-state index contributed by atoms with van der Waals surface area (Å²) in [5.74, 6) is -0.218. The molecule has 0 aromatic heterocycles. The molecule has 1 N–H and O–H groups in total. The van der Waals surface area contributed by atoms with Gasteiger partial charge in [0.05, 0.1) is 0 Å². The van der Waals surface area contributed by atoms with Gasteiger partial charge in [-0.3, -0.25) is 4.99 Å². The lowest BCUT2D eigenvalue weighted by atomic mass is 10.2. The van der Waals surface area contributed by atoms with Crippen molar-refractivity contribution in [3.8, 4) is 0 Å². The number of amidine groups is 1. The highest BCUT2D eigenvalue weighted by Crippen LogP contribution is 2.13. The van der Waals surface area contributed by atoms with Gasteiger partial charge < -0.3 is 5.32 Å². The molecular weight excluding hydrogens is 223 g/mol. The molecule has 16 heavy (non-hydrogen) atoms. The van der Waals surface area contributed by atoms with E-state index in [0.29, 0.717) is 6.54 Å². The Bertz CT molecular complexity index is 385. The first-order valence-electron chi connectivity index (χ1n) is 4.90. The van der Waals surface area contributed by atoms with Crippen LogP contribution in [-0.4, -0.2) is 12.2 Å². The summed E-state index contributed by atoms with van der Waals surface area (Å²) in [6.07, 6.45) is 0. The predicted molar refractivity (Wildman–Crippen MR) is 69.0 cm³/mol. The van der Waals surface area contributed by atoms with Crippen LogP contribution in [0, 0.1) is 5.82 Å². The summed E-state index contributed by atoms with van der Waals surface area (Å²) in [7, 11) is 1.73. The Labute approximate surface area is 99.7 Å². The van der Waals surface area contributed by atoms with Crippen LogP contribution in [0.5, 0.6) is 0 Å². The van der Waals surface area contributed by atoms with Gasteiger partial charge >= 0.3 is 0 Å². The fourth-order valence-electron chi connectivity index (χ4n) is 1.11. The number of allylic oxidation sites excluding steroid dienone is 1. The molecule has 0 aliphatic carbocycles. The molecule has 86 valence electrons. The third-order valence-corrected chi connectivity index (χ3v) is 2.70. The zero-order valence-corrected chi connectivity index (χ0v) is 10.3. The van der Waals surface area contributed by atoms with Gasteiger partial charge in [-0.1, -0.05) is 30.5 Å². The molecular formula is C12H15FN2S. The molecule has 0 unspecified atom stereocenters. The Balaban J connectivity index is 2.50. The minimum Gasteiger partial charge on any atom is -0.361 e. The first-order valence-corrected chi connectivity index (χ1v) is 5.72. The first-order chi connectivity index (χ1) is 7.61. The third kappa shape index (κ3) is 4.49. The van der Waals surface area contributed by atoms with E-state index < -0.39 is 0 Å². The van der Waals surface area contributed by atoms with Crippen LogP contribution in [0.3, 0.4) is 0 Å². The van der Waals surface area contributed by atoms with Gasteiger partial charge in [0.25, 0.3) is 0 Å². The quantitative estimate of drug-likeness (QED) is 0.646. The lowest BCUT2D eigenvalue weighted by Gasteiger charge is -2.08. The Morgan fingerprint density at radius 3 is 2.56 bits per heavy atom. The number of thioether (sulfide) groups is 1. The Hall–Kier alpha value is -1.29. The van der Waals surface area contributed by atoms with Crippen molar-refractivity contribution >= 4 is 16.9 Å². The second-order valence-electron chi connectivity index (χ2n) is 3.31. The fraction of sp³-hybridized carbons (Fsp3) is 0.250. The molecule has 0 amide bonds. The molecule has 0 fully saturated rings. The molecule has 0 saturated carbocycles. The van der Waals surface area contributed by atoms with E-state index in [-0.39, 0.29) is 5.82 Å². The van der Waals surface area contributed by atoms with Gasteiger partial charge in [0, 0.05) is 13.6 Å². The maximum Gasteiger partial charge on any atom is 0.161 e. The van der Waals surface area contributed by atoms with Crippen LogP contribution in [0.15, 0.2) is 40.7 Å². The normalized spacial score (nSPS) is 11.3. The third-order valence-electron chi connectivity index (χ3n) is 1.83. The van der Waals surface area contributed by atoms with E-state index in [1.165, 1.54) is 23.9 Å². The van der Waals surface area contributed by atoms with Gasteiger partial charge in [-0.25, -0.2) is 4.39 Å². The van der Waals surface area contributed by atoms with Crippen molar-refractivity contribution in [2.75, 3.05) is 7.05 Å². The number of hydrogen-bond acceptors (Lipinski definition) is 2. The smallest absolute Gasteiger partial charge is 0.161 e. The van der Waals surface area contributed by atoms with Crippen LogP contribution in [0.1, 0.15) is 12.5 Å². The minimum absolute atomic E-state index is 0.218. The lowest BCUT2D eigenvalue weighted by Crippen LogP contribution is -2.19. The highest BCUT2D eigenvalue weighted by Gasteiger charge is 1.99. The van der Waals surface area contributed by atoms with E-state index in [9.17, 15) is 4.39 Å². The van der Waals surface area contributed by atoms with Crippen LogP contribution in [0.4, 0.5) is 4.39 Å². The highest BCUT2D eigenvalue weighted by molar-refractivity contribution is 8.17. The molecule has 0 bridgehead atoms. The summed E-state index contributed by atoms with van der Waals surface area (Å²) in [5, 5.41) is 3.98. The molecule has 1 aromatic rings. The maximum atomic E-state index is 12.7. The number of rotatable bonds is 3.